The lowest BCUT2D eigenvalue weighted by Gasteiger charge is -2.16. The molecule has 0 saturated carbocycles. The highest BCUT2D eigenvalue weighted by Crippen LogP contribution is 2.33. The zero-order valence-electron chi connectivity index (χ0n) is 13.2. The van der Waals surface area contributed by atoms with Crippen molar-refractivity contribution in [2.75, 3.05) is 17.2 Å². The summed E-state index contributed by atoms with van der Waals surface area (Å²) in [5, 5.41) is 11.2. The second-order valence-corrected chi connectivity index (χ2v) is 6.53. The van der Waals surface area contributed by atoms with E-state index in [1.54, 1.807) is 6.07 Å². The van der Waals surface area contributed by atoms with Crippen LogP contribution in [0.15, 0.2) is 41.6 Å². The number of hydrogen-bond acceptors (Lipinski definition) is 5. The fourth-order valence-electron chi connectivity index (χ4n) is 2.59. The minimum Gasteiger partial charge on any atom is -0.311 e. The number of pyridine rings is 1. The van der Waals surface area contributed by atoms with Gasteiger partial charge in [0.15, 0.2) is 0 Å². The first-order valence-electron chi connectivity index (χ1n) is 7.49. The van der Waals surface area contributed by atoms with E-state index in [4.69, 9.17) is 0 Å². The van der Waals surface area contributed by atoms with Crippen LogP contribution in [0.3, 0.4) is 0 Å². The molecule has 0 spiro atoms. The van der Waals surface area contributed by atoms with Crippen molar-refractivity contribution in [1.29, 1.82) is 0 Å². The lowest BCUT2D eigenvalue weighted by atomic mass is 10.1. The number of amides is 1. The van der Waals surface area contributed by atoms with E-state index in [1.807, 2.05) is 0 Å². The normalized spacial score (nSPS) is 13.6. The molecule has 0 atom stereocenters. The molecule has 1 aromatic heterocycles. The van der Waals surface area contributed by atoms with Crippen LogP contribution in [0.5, 0.6) is 0 Å². The smallest absolute Gasteiger partial charge is 0.311 e. The number of benzene rings is 1. The first-order chi connectivity index (χ1) is 12.3. The molecule has 0 radical (unpaired) electrons. The van der Waals surface area contributed by atoms with Gasteiger partial charge in [0.05, 0.1) is 27.0 Å². The fraction of sp³-hybridized carbons (Fsp3) is 0.250. The number of nitro benzene ring substituents is 1. The molecule has 1 amide bonds. The fourth-order valence-corrected chi connectivity index (χ4v) is 3.31. The average Bonchev–Trinajstić information content (AvgIpc) is 3.02. The largest absolute Gasteiger partial charge is 0.417 e. The van der Waals surface area contributed by atoms with E-state index in [-0.39, 0.29) is 17.3 Å². The number of halogens is 3. The van der Waals surface area contributed by atoms with Gasteiger partial charge in [-0.15, -0.1) is 0 Å². The molecule has 0 saturated heterocycles. The molecule has 0 N–H and O–H groups in total. The third-order valence-corrected chi connectivity index (χ3v) is 4.81. The second-order valence-electron chi connectivity index (χ2n) is 5.54. The Bertz CT molecular complexity index is 856. The highest BCUT2D eigenvalue weighted by molar-refractivity contribution is 7.99. The lowest BCUT2D eigenvalue weighted by Crippen LogP contribution is -2.30. The van der Waals surface area contributed by atoms with Crippen LogP contribution in [-0.2, 0) is 17.4 Å². The maximum atomic E-state index is 12.5. The van der Waals surface area contributed by atoms with Gasteiger partial charge in [-0.1, -0.05) is 17.8 Å². The molecule has 2 heterocycles. The summed E-state index contributed by atoms with van der Waals surface area (Å²) in [6, 6.07) is 6.51. The molecular weight excluding hydrogens is 371 g/mol. The van der Waals surface area contributed by atoms with Crippen molar-refractivity contribution in [3.05, 3.63) is 57.8 Å². The van der Waals surface area contributed by atoms with Crippen molar-refractivity contribution in [3.63, 3.8) is 0 Å². The summed E-state index contributed by atoms with van der Waals surface area (Å²) in [4.78, 5) is 28.0. The third-order valence-electron chi connectivity index (χ3n) is 3.88. The number of fused-ring (bicyclic) bond motifs is 1. The predicted octanol–water partition coefficient (Wildman–Crippen LogP) is 3.69. The van der Waals surface area contributed by atoms with Gasteiger partial charge in [-0.2, -0.15) is 13.2 Å². The number of carbonyl (C=O) groups excluding carboxylic acids is 1. The van der Waals surface area contributed by atoms with E-state index in [0.29, 0.717) is 23.7 Å². The van der Waals surface area contributed by atoms with Gasteiger partial charge in [-0.05, 0) is 24.1 Å². The van der Waals surface area contributed by atoms with E-state index in [2.05, 4.69) is 4.98 Å². The molecule has 0 aliphatic carbocycles. The molecule has 6 nitrogen and oxygen atoms in total. The zero-order valence-corrected chi connectivity index (χ0v) is 14.0. The third kappa shape index (κ3) is 3.79. The van der Waals surface area contributed by atoms with E-state index < -0.39 is 16.7 Å². The molecule has 3 rings (SSSR count). The number of nitro groups is 1. The molecule has 1 aliphatic rings. The number of thioether (sulfide) groups is 1. The van der Waals surface area contributed by atoms with Crippen molar-refractivity contribution in [2.24, 2.45) is 0 Å². The van der Waals surface area contributed by atoms with Gasteiger partial charge in [-0.25, -0.2) is 4.98 Å². The molecule has 0 unspecified atom stereocenters. The predicted molar refractivity (Wildman–Crippen MR) is 89.1 cm³/mol. The van der Waals surface area contributed by atoms with E-state index in [0.717, 1.165) is 29.6 Å². The van der Waals surface area contributed by atoms with Crippen molar-refractivity contribution in [3.8, 4) is 0 Å². The molecule has 1 aliphatic heterocycles. The van der Waals surface area contributed by atoms with E-state index in [1.165, 1.54) is 23.1 Å². The Labute approximate surface area is 150 Å². The first-order valence-corrected chi connectivity index (χ1v) is 8.48. The summed E-state index contributed by atoms with van der Waals surface area (Å²) in [5.74, 6) is -0.309. The van der Waals surface area contributed by atoms with Gasteiger partial charge in [0.2, 0.25) is 5.91 Å². The van der Waals surface area contributed by atoms with E-state index >= 15 is 0 Å². The van der Waals surface area contributed by atoms with Crippen LogP contribution in [0.4, 0.5) is 24.5 Å². The molecular formula is C16H12F3N3O3S. The minimum atomic E-state index is -4.46. The Kier molecular flexibility index (Phi) is 4.86. The van der Waals surface area contributed by atoms with Gasteiger partial charge >= 0.3 is 6.18 Å². The summed E-state index contributed by atoms with van der Waals surface area (Å²) in [6.45, 7) is 0.413. The minimum absolute atomic E-state index is 0.0273. The van der Waals surface area contributed by atoms with Crippen molar-refractivity contribution < 1.29 is 22.9 Å². The van der Waals surface area contributed by atoms with Crippen molar-refractivity contribution >= 4 is 29.0 Å². The topological polar surface area (TPSA) is 76.3 Å². The Morgan fingerprint density at radius 1 is 1.31 bits per heavy atom. The van der Waals surface area contributed by atoms with Crippen LogP contribution in [0.2, 0.25) is 0 Å². The number of hydrogen-bond donors (Lipinski definition) is 0. The molecule has 136 valence electrons. The Morgan fingerprint density at radius 3 is 2.69 bits per heavy atom. The zero-order chi connectivity index (χ0) is 18.9. The van der Waals surface area contributed by atoms with Crippen LogP contribution in [-0.4, -0.2) is 28.1 Å². The van der Waals surface area contributed by atoms with Crippen molar-refractivity contribution in [2.45, 2.75) is 17.6 Å². The quantitative estimate of drug-likeness (QED) is 0.457. The Hall–Kier alpha value is -2.62. The number of non-ortho nitro benzene ring substituents is 1. The average molecular weight is 383 g/mol. The highest BCUT2D eigenvalue weighted by Gasteiger charge is 2.31. The van der Waals surface area contributed by atoms with E-state index in [9.17, 15) is 28.1 Å². The van der Waals surface area contributed by atoms with Gasteiger partial charge in [-0.3, -0.25) is 14.9 Å². The highest BCUT2D eigenvalue weighted by atomic mass is 32.2. The molecule has 2 aromatic rings. The maximum absolute atomic E-state index is 12.5. The molecule has 0 bridgehead atoms. The van der Waals surface area contributed by atoms with Gasteiger partial charge < -0.3 is 4.90 Å². The summed E-state index contributed by atoms with van der Waals surface area (Å²) in [7, 11) is 0. The number of alkyl halides is 3. The SMILES string of the molecule is O=C(CSc1ccc(C(F)(F)F)cn1)N1CCc2ccc([N+](=O)[O-])cc21. The number of aromatic nitrogens is 1. The molecule has 26 heavy (non-hydrogen) atoms. The molecule has 1 aromatic carbocycles. The van der Waals surface area contributed by atoms with Crippen LogP contribution in [0.25, 0.3) is 0 Å². The Morgan fingerprint density at radius 2 is 2.08 bits per heavy atom. The van der Waals surface area contributed by atoms with Crippen LogP contribution >= 0.6 is 11.8 Å². The summed E-state index contributed by atoms with van der Waals surface area (Å²) in [6.07, 6.45) is -3.14. The number of carbonyl (C=O) groups is 1. The second kappa shape index (κ2) is 6.94. The van der Waals surface area contributed by atoms with Gasteiger partial charge in [0.1, 0.15) is 0 Å². The molecule has 10 heteroatoms. The van der Waals surface area contributed by atoms with Crippen LogP contribution in [0.1, 0.15) is 11.1 Å². The monoisotopic (exact) mass is 383 g/mol. The van der Waals surface area contributed by atoms with Crippen molar-refractivity contribution in [1.82, 2.24) is 4.98 Å². The van der Waals surface area contributed by atoms with Gasteiger partial charge in [0.25, 0.3) is 5.69 Å². The van der Waals surface area contributed by atoms with Crippen LogP contribution in [0, 0.1) is 10.1 Å². The maximum Gasteiger partial charge on any atom is 0.417 e. The van der Waals surface area contributed by atoms with Gasteiger partial charge in [0, 0.05) is 24.9 Å². The molecule has 0 fully saturated rings. The number of nitrogens with zero attached hydrogens (tertiary/aromatic N) is 3. The number of anilines is 1. The summed E-state index contributed by atoms with van der Waals surface area (Å²) in [5.41, 5.74) is 0.404. The summed E-state index contributed by atoms with van der Waals surface area (Å²) >= 11 is 1.02. The lowest BCUT2D eigenvalue weighted by molar-refractivity contribution is -0.384. The standard InChI is InChI=1S/C16H12F3N3O3S/c17-16(18,19)11-2-4-14(20-8-11)26-9-15(23)21-6-5-10-1-3-12(22(24)25)7-13(10)21/h1-4,7-8H,5-6,9H2. The number of rotatable bonds is 4. The first kappa shape index (κ1) is 18.2. The van der Waals surface area contributed by atoms with Crippen LogP contribution < -0.4 is 4.90 Å². The summed E-state index contributed by atoms with van der Waals surface area (Å²) < 4.78 is 37.5. The Balaban J connectivity index is 1.67.